The summed E-state index contributed by atoms with van der Waals surface area (Å²) in [5.41, 5.74) is 1.26. The summed E-state index contributed by atoms with van der Waals surface area (Å²) in [6, 6.07) is 10.2. The quantitative estimate of drug-likeness (QED) is 0.441. The summed E-state index contributed by atoms with van der Waals surface area (Å²) in [6.45, 7) is 1.73. The SMILES string of the molecule is O=C1C2CC=CCC2C(=O)N1CCCOCCc1ccccc1. The largest absolute Gasteiger partial charge is 0.381 e. The number of fused-ring (bicyclic) bond motifs is 1. The topological polar surface area (TPSA) is 46.6 Å². The molecular formula is C19H23NO3. The molecule has 2 atom stereocenters. The number of hydrogen-bond acceptors (Lipinski definition) is 3. The second kappa shape index (κ2) is 7.55. The van der Waals surface area contributed by atoms with Gasteiger partial charge in [0.25, 0.3) is 0 Å². The fourth-order valence-electron chi connectivity index (χ4n) is 3.35. The Balaban J connectivity index is 1.36. The van der Waals surface area contributed by atoms with Gasteiger partial charge in [0.05, 0.1) is 18.4 Å². The van der Waals surface area contributed by atoms with Crippen molar-refractivity contribution in [3.05, 3.63) is 48.0 Å². The Morgan fingerprint density at radius 1 is 0.957 bits per heavy atom. The second-order valence-electron chi connectivity index (χ2n) is 6.19. The predicted molar refractivity (Wildman–Crippen MR) is 87.7 cm³/mol. The molecule has 0 spiro atoms. The fourth-order valence-corrected chi connectivity index (χ4v) is 3.35. The van der Waals surface area contributed by atoms with E-state index in [9.17, 15) is 9.59 Å². The molecule has 0 bridgehead atoms. The van der Waals surface area contributed by atoms with Gasteiger partial charge in [0.1, 0.15) is 0 Å². The normalized spacial score (nSPS) is 23.4. The lowest BCUT2D eigenvalue weighted by atomic mass is 9.85. The molecule has 0 N–H and O–H groups in total. The van der Waals surface area contributed by atoms with Crippen LogP contribution in [0.5, 0.6) is 0 Å². The average molecular weight is 313 g/mol. The highest BCUT2D eigenvalue weighted by Crippen LogP contribution is 2.34. The predicted octanol–water partition coefficient (Wildman–Crippen LogP) is 2.59. The third-order valence-corrected chi connectivity index (χ3v) is 4.65. The van der Waals surface area contributed by atoms with E-state index in [2.05, 4.69) is 12.1 Å². The van der Waals surface area contributed by atoms with Crippen molar-refractivity contribution in [2.24, 2.45) is 11.8 Å². The standard InChI is InChI=1S/C19H23NO3/c21-18-16-9-4-5-10-17(16)19(22)20(18)12-6-13-23-14-11-15-7-2-1-3-8-15/h1-5,7-8,16-17H,6,9-14H2. The Hall–Kier alpha value is -1.94. The van der Waals surface area contributed by atoms with E-state index >= 15 is 0 Å². The average Bonchev–Trinajstić information content (AvgIpc) is 2.84. The molecule has 1 aliphatic carbocycles. The van der Waals surface area contributed by atoms with Crippen molar-refractivity contribution in [1.82, 2.24) is 4.90 Å². The van der Waals surface area contributed by atoms with Crippen molar-refractivity contribution in [3.8, 4) is 0 Å². The summed E-state index contributed by atoms with van der Waals surface area (Å²) in [5, 5.41) is 0. The maximum Gasteiger partial charge on any atom is 0.233 e. The first kappa shape index (κ1) is 15.9. The molecule has 2 amide bonds. The molecule has 1 aromatic rings. The Morgan fingerprint density at radius 3 is 2.26 bits per heavy atom. The third kappa shape index (κ3) is 3.70. The van der Waals surface area contributed by atoms with Crippen LogP contribution < -0.4 is 0 Å². The summed E-state index contributed by atoms with van der Waals surface area (Å²) < 4.78 is 5.62. The lowest BCUT2D eigenvalue weighted by molar-refractivity contribution is -0.140. The number of nitrogens with zero attached hydrogens (tertiary/aromatic N) is 1. The van der Waals surface area contributed by atoms with Gasteiger partial charge in [0.2, 0.25) is 11.8 Å². The molecule has 0 saturated carbocycles. The second-order valence-corrected chi connectivity index (χ2v) is 6.19. The highest BCUT2D eigenvalue weighted by Gasteiger charge is 2.46. The number of rotatable bonds is 7. The summed E-state index contributed by atoms with van der Waals surface area (Å²) in [5.74, 6) is -0.222. The van der Waals surface area contributed by atoms with Gasteiger partial charge in [0, 0.05) is 13.2 Å². The molecule has 3 rings (SSSR count). The van der Waals surface area contributed by atoms with Gasteiger partial charge in [-0.05, 0) is 31.2 Å². The van der Waals surface area contributed by atoms with Crippen LogP contribution in [0.15, 0.2) is 42.5 Å². The molecule has 122 valence electrons. The van der Waals surface area contributed by atoms with Crippen molar-refractivity contribution in [2.75, 3.05) is 19.8 Å². The van der Waals surface area contributed by atoms with E-state index < -0.39 is 0 Å². The first-order valence-corrected chi connectivity index (χ1v) is 8.39. The van der Waals surface area contributed by atoms with Gasteiger partial charge >= 0.3 is 0 Å². The van der Waals surface area contributed by atoms with Gasteiger partial charge in [-0.1, -0.05) is 42.5 Å². The van der Waals surface area contributed by atoms with Crippen LogP contribution in [-0.2, 0) is 20.7 Å². The third-order valence-electron chi connectivity index (χ3n) is 4.65. The van der Waals surface area contributed by atoms with Gasteiger partial charge in [0.15, 0.2) is 0 Å². The van der Waals surface area contributed by atoms with Crippen LogP contribution in [0.1, 0.15) is 24.8 Å². The van der Waals surface area contributed by atoms with E-state index in [0.29, 0.717) is 39.0 Å². The fraction of sp³-hybridized carbons (Fsp3) is 0.474. The lowest BCUT2D eigenvalue weighted by Gasteiger charge is -2.14. The van der Waals surface area contributed by atoms with Crippen LogP contribution in [0.2, 0.25) is 0 Å². The summed E-state index contributed by atoms with van der Waals surface area (Å²) in [7, 11) is 0. The Bertz CT molecular complexity index is 556. The number of amides is 2. The minimum Gasteiger partial charge on any atom is -0.381 e. The van der Waals surface area contributed by atoms with Crippen LogP contribution in [0.25, 0.3) is 0 Å². The highest BCUT2D eigenvalue weighted by atomic mass is 16.5. The van der Waals surface area contributed by atoms with Crippen LogP contribution >= 0.6 is 0 Å². The van der Waals surface area contributed by atoms with Crippen molar-refractivity contribution in [2.45, 2.75) is 25.7 Å². The minimum atomic E-state index is -0.119. The van der Waals surface area contributed by atoms with Gasteiger partial charge in [-0.2, -0.15) is 0 Å². The molecule has 1 saturated heterocycles. The molecule has 4 heteroatoms. The van der Waals surface area contributed by atoms with Crippen molar-refractivity contribution >= 4 is 11.8 Å². The molecule has 1 heterocycles. The molecule has 0 radical (unpaired) electrons. The number of likely N-dealkylation sites (tertiary alicyclic amines) is 1. The van der Waals surface area contributed by atoms with Gasteiger partial charge in [-0.3, -0.25) is 14.5 Å². The van der Waals surface area contributed by atoms with E-state index in [1.54, 1.807) is 0 Å². The molecule has 1 aliphatic heterocycles. The maximum atomic E-state index is 12.3. The van der Waals surface area contributed by atoms with Crippen molar-refractivity contribution < 1.29 is 14.3 Å². The first-order valence-electron chi connectivity index (χ1n) is 8.39. The molecular weight excluding hydrogens is 290 g/mol. The molecule has 1 aromatic carbocycles. The minimum absolute atomic E-state index is 0.00800. The monoisotopic (exact) mass is 313 g/mol. The van der Waals surface area contributed by atoms with E-state index in [-0.39, 0.29) is 23.7 Å². The van der Waals surface area contributed by atoms with Crippen molar-refractivity contribution in [1.29, 1.82) is 0 Å². The smallest absolute Gasteiger partial charge is 0.233 e. The highest BCUT2D eigenvalue weighted by molar-refractivity contribution is 6.05. The zero-order chi connectivity index (χ0) is 16.1. The maximum absolute atomic E-state index is 12.3. The van der Waals surface area contributed by atoms with E-state index in [1.807, 2.05) is 30.4 Å². The van der Waals surface area contributed by atoms with Crippen LogP contribution in [0.4, 0.5) is 0 Å². The molecule has 4 nitrogen and oxygen atoms in total. The summed E-state index contributed by atoms with van der Waals surface area (Å²) in [4.78, 5) is 26.0. The number of benzene rings is 1. The Kier molecular flexibility index (Phi) is 5.23. The van der Waals surface area contributed by atoms with Crippen LogP contribution in [-0.4, -0.2) is 36.5 Å². The zero-order valence-electron chi connectivity index (χ0n) is 13.3. The van der Waals surface area contributed by atoms with E-state index in [0.717, 1.165) is 6.42 Å². The van der Waals surface area contributed by atoms with E-state index in [1.165, 1.54) is 10.5 Å². The first-order chi connectivity index (χ1) is 11.3. The van der Waals surface area contributed by atoms with Gasteiger partial charge < -0.3 is 4.74 Å². The number of hydrogen-bond donors (Lipinski definition) is 0. The lowest BCUT2D eigenvalue weighted by Crippen LogP contribution is -2.32. The number of carbonyl (C=O) groups is 2. The van der Waals surface area contributed by atoms with Crippen LogP contribution in [0, 0.1) is 11.8 Å². The van der Waals surface area contributed by atoms with Gasteiger partial charge in [-0.25, -0.2) is 0 Å². The molecule has 2 aliphatic rings. The molecule has 1 fully saturated rings. The number of imide groups is 1. The molecule has 0 aromatic heterocycles. The number of carbonyl (C=O) groups excluding carboxylic acids is 2. The summed E-state index contributed by atoms with van der Waals surface area (Å²) >= 11 is 0. The Labute approximate surface area is 137 Å². The molecule has 2 unspecified atom stereocenters. The van der Waals surface area contributed by atoms with Gasteiger partial charge in [-0.15, -0.1) is 0 Å². The molecule has 23 heavy (non-hydrogen) atoms. The number of allylic oxidation sites excluding steroid dienone is 2. The summed E-state index contributed by atoms with van der Waals surface area (Å²) in [6.07, 6.45) is 7.04. The van der Waals surface area contributed by atoms with Crippen LogP contribution in [0.3, 0.4) is 0 Å². The van der Waals surface area contributed by atoms with Crippen molar-refractivity contribution in [3.63, 3.8) is 0 Å². The zero-order valence-corrected chi connectivity index (χ0v) is 13.3. The van der Waals surface area contributed by atoms with E-state index in [4.69, 9.17) is 4.74 Å². The number of ether oxygens (including phenoxy) is 1. The Morgan fingerprint density at radius 2 is 1.61 bits per heavy atom.